The first-order valence-corrected chi connectivity index (χ1v) is 11.8. The molecule has 0 aromatic heterocycles. The molecule has 1 heterocycles. The van der Waals surface area contributed by atoms with Gasteiger partial charge >= 0.3 is 6.03 Å². The summed E-state index contributed by atoms with van der Waals surface area (Å²) in [6, 6.07) is 21.0. The van der Waals surface area contributed by atoms with Gasteiger partial charge in [-0.1, -0.05) is 60.8 Å². The van der Waals surface area contributed by atoms with E-state index < -0.39 is 0 Å². The molecule has 0 radical (unpaired) electrons. The summed E-state index contributed by atoms with van der Waals surface area (Å²) < 4.78 is 13.1. The second-order valence-electron chi connectivity index (χ2n) is 8.38. The van der Waals surface area contributed by atoms with Gasteiger partial charge in [0.1, 0.15) is 6.61 Å². The molecule has 1 N–H and O–H groups in total. The molecule has 1 aliphatic heterocycles. The summed E-state index contributed by atoms with van der Waals surface area (Å²) in [6.07, 6.45) is 1.09. The van der Waals surface area contributed by atoms with Crippen LogP contribution in [0, 0.1) is 6.92 Å². The van der Waals surface area contributed by atoms with Crippen molar-refractivity contribution in [1.29, 1.82) is 0 Å². The smallest absolute Gasteiger partial charge is 0.335 e. The van der Waals surface area contributed by atoms with Crippen molar-refractivity contribution in [3.8, 4) is 11.5 Å². The van der Waals surface area contributed by atoms with Crippen molar-refractivity contribution in [3.05, 3.63) is 89.0 Å². The number of benzene rings is 3. The average molecular weight is 479 g/mol. The molecule has 4 rings (SSSR count). The van der Waals surface area contributed by atoms with Crippen LogP contribution in [0.4, 0.5) is 10.5 Å². The van der Waals surface area contributed by atoms with Crippen molar-refractivity contribution in [3.63, 3.8) is 0 Å². The Labute approximate surface area is 206 Å². The first-order chi connectivity index (χ1) is 16.5. The number of fused-ring (bicyclic) bond motifs is 1. The van der Waals surface area contributed by atoms with Gasteiger partial charge in [0, 0.05) is 13.2 Å². The quantitative estimate of drug-likeness (QED) is 0.450. The molecule has 6 nitrogen and oxygen atoms in total. The molecule has 1 atom stereocenters. The maximum atomic E-state index is 13.4. The monoisotopic (exact) mass is 478 g/mol. The van der Waals surface area contributed by atoms with Crippen LogP contribution in [-0.4, -0.2) is 36.3 Å². The van der Waals surface area contributed by atoms with Crippen LogP contribution in [0.3, 0.4) is 0 Å². The van der Waals surface area contributed by atoms with Gasteiger partial charge in [-0.2, -0.15) is 0 Å². The third-order valence-corrected chi connectivity index (χ3v) is 6.53. The Bertz CT molecular complexity index is 1120. The second-order valence-corrected chi connectivity index (χ2v) is 8.78. The predicted molar refractivity (Wildman–Crippen MR) is 137 cm³/mol. The zero-order valence-electron chi connectivity index (χ0n) is 19.5. The summed E-state index contributed by atoms with van der Waals surface area (Å²) in [7, 11) is 1.61. The van der Waals surface area contributed by atoms with Gasteiger partial charge in [-0.3, -0.25) is 0 Å². The van der Waals surface area contributed by atoms with Crippen LogP contribution in [-0.2, 0) is 13.0 Å². The fraction of sp³-hybridized carbons (Fsp3) is 0.296. The Morgan fingerprint density at radius 3 is 2.53 bits per heavy atom. The lowest BCUT2D eigenvalue weighted by atomic mass is 9.90. The highest BCUT2D eigenvalue weighted by molar-refractivity contribution is 7.82. The number of carbonyl (C=O) groups excluding carboxylic acids is 1. The van der Waals surface area contributed by atoms with E-state index in [1.807, 2.05) is 73.7 Å². The maximum absolute atomic E-state index is 13.4. The van der Waals surface area contributed by atoms with Crippen molar-refractivity contribution >= 4 is 24.5 Å². The van der Waals surface area contributed by atoms with E-state index in [2.05, 4.69) is 12.8 Å². The van der Waals surface area contributed by atoms with Gasteiger partial charge < -0.3 is 19.5 Å². The largest absolute Gasteiger partial charge is 0.493 e. The Morgan fingerprint density at radius 2 is 1.85 bits per heavy atom. The number of methoxy groups -OCH3 is 1. The van der Waals surface area contributed by atoms with E-state index in [1.165, 1.54) is 4.31 Å². The summed E-state index contributed by atoms with van der Waals surface area (Å²) in [5, 5.41) is 9.79. The first-order valence-electron chi connectivity index (χ1n) is 11.4. The van der Waals surface area contributed by atoms with E-state index in [0.29, 0.717) is 43.2 Å². The topological polar surface area (TPSA) is 62.2 Å². The van der Waals surface area contributed by atoms with Gasteiger partial charge in [-0.25, -0.2) is 9.10 Å². The van der Waals surface area contributed by atoms with Gasteiger partial charge in [-0.05, 0) is 60.7 Å². The number of aryl methyl sites for hydroxylation is 1. The summed E-state index contributed by atoms with van der Waals surface area (Å²) in [5.41, 5.74) is 4.94. The van der Waals surface area contributed by atoms with Crippen molar-refractivity contribution in [2.75, 3.05) is 24.6 Å². The summed E-state index contributed by atoms with van der Waals surface area (Å²) in [4.78, 5) is 15.2. The van der Waals surface area contributed by atoms with Crippen LogP contribution in [0.2, 0.25) is 0 Å². The van der Waals surface area contributed by atoms with Crippen molar-refractivity contribution < 1.29 is 19.4 Å². The Balaban J connectivity index is 1.59. The first kappa shape index (κ1) is 24.0. The van der Waals surface area contributed by atoms with E-state index in [1.54, 1.807) is 12.0 Å². The van der Waals surface area contributed by atoms with Crippen LogP contribution in [0.5, 0.6) is 11.5 Å². The summed E-state index contributed by atoms with van der Waals surface area (Å²) in [5.74, 6) is 1.27. The Kier molecular flexibility index (Phi) is 7.65. The van der Waals surface area contributed by atoms with E-state index in [-0.39, 0.29) is 18.7 Å². The molecule has 0 bridgehead atoms. The standard InChI is InChI=1S/C27H30N2O4S/c1-19-8-10-22(11-9-19)29(34)27(31)28-14-12-21-16-26(33-18-20-6-4-3-5-7-20)25(32-2)17-23(21)24(28)13-15-30/h3-11,16-17,24,30,34H,12-15,18H2,1-2H3. The zero-order valence-corrected chi connectivity index (χ0v) is 20.4. The van der Waals surface area contributed by atoms with Crippen LogP contribution in [0.25, 0.3) is 0 Å². The summed E-state index contributed by atoms with van der Waals surface area (Å²) in [6.45, 7) is 2.91. The van der Waals surface area contributed by atoms with Crippen molar-refractivity contribution in [1.82, 2.24) is 4.90 Å². The Hall–Kier alpha value is -3.16. The lowest BCUT2D eigenvalue weighted by molar-refractivity contribution is 0.158. The third kappa shape index (κ3) is 5.16. The number of hydrogen-bond acceptors (Lipinski definition) is 5. The number of hydrogen-bond donors (Lipinski definition) is 2. The average Bonchev–Trinajstić information content (AvgIpc) is 2.87. The third-order valence-electron chi connectivity index (χ3n) is 6.13. The van der Waals surface area contributed by atoms with Gasteiger partial charge in [0.2, 0.25) is 0 Å². The zero-order chi connectivity index (χ0) is 24.1. The molecule has 0 saturated heterocycles. The number of ether oxygens (including phenoxy) is 2. The van der Waals surface area contributed by atoms with Crippen molar-refractivity contribution in [2.24, 2.45) is 0 Å². The number of carbonyl (C=O) groups is 1. The molecule has 34 heavy (non-hydrogen) atoms. The maximum Gasteiger partial charge on any atom is 0.335 e. The fourth-order valence-corrected chi connectivity index (χ4v) is 4.55. The number of nitrogens with zero attached hydrogens (tertiary/aromatic N) is 2. The molecule has 0 fully saturated rings. The predicted octanol–water partition coefficient (Wildman–Crippen LogP) is 5.34. The van der Waals surface area contributed by atoms with Crippen LogP contribution >= 0.6 is 12.8 Å². The lowest BCUT2D eigenvalue weighted by Gasteiger charge is -2.39. The summed E-state index contributed by atoms with van der Waals surface area (Å²) >= 11 is 4.49. The van der Waals surface area contributed by atoms with Gasteiger partial charge in [0.05, 0.1) is 18.8 Å². The van der Waals surface area contributed by atoms with Crippen LogP contribution in [0.15, 0.2) is 66.7 Å². The number of thiol groups is 1. The normalized spacial score (nSPS) is 14.9. The fourth-order valence-electron chi connectivity index (χ4n) is 4.30. The number of urea groups is 1. The van der Waals surface area contributed by atoms with Crippen LogP contribution in [0.1, 0.15) is 34.7 Å². The molecule has 2 amide bonds. The van der Waals surface area contributed by atoms with E-state index in [0.717, 1.165) is 22.3 Å². The molecule has 178 valence electrons. The number of anilines is 1. The highest BCUT2D eigenvalue weighted by Crippen LogP contribution is 2.40. The molecule has 3 aromatic carbocycles. The molecule has 0 spiro atoms. The van der Waals surface area contributed by atoms with E-state index in [9.17, 15) is 9.90 Å². The molecule has 1 aliphatic rings. The molecular weight excluding hydrogens is 448 g/mol. The SMILES string of the molecule is COc1cc2c(cc1OCc1ccccc1)CCN(C(=O)N(S)c1ccc(C)cc1)C2CCO. The lowest BCUT2D eigenvalue weighted by Crippen LogP contribution is -2.45. The second kappa shape index (κ2) is 10.8. The van der Waals surface area contributed by atoms with Gasteiger partial charge in [0.15, 0.2) is 11.5 Å². The number of aliphatic hydroxyl groups is 1. The van der Waals surface area contributed by atoms with E-state index >= 15 is 0 Å². The minimum absolute atomic E-state index is 0.0421. The van der Waals surface area contributed by atoms with Gasteiger partial charge in [-0.15, -0.1) is 0 Å². The van der Waals surface area contributed by atoms with Crippen molar-refractivity contribution in [2.45, 2.75) is 32.4 Å². The number of aliphatic hydroxyl groups excluding tert-OH is 1. The molecule has 1 unspecified atom stereocenters. The minimum Gasteiger partial charge on any atom is -0.493 e. The molecule has 0 aliphatic carbocycles. The van der Waals surface area contributed by atoms with Crippen LogP contribution < -0.4 is 13.8 Å². The number of amides is 2. The van der Waals surface area contributed by atoms with Gasteiger partial charge in [0.25, 0.3) is 0 Å². The minimum atomic E-state index is -0.293. The molecular formula is C27H30N2O4S. The highest BCUT2D eigenvalue weighted by atomic mass is 32.1. The molecule has 0 saturated carbocycles. The van der Waals surface area contributed by atoms with E-state index in [4.69, 9.17) is 9.47 Å². The highest BCUT2D eigenvalue weighted by Gasteiger charge is 2.34. The number of rotatable bonds is 7. The molecule has 7 heteroatoms. The Morgan fingerprint density at radius 1 is 1.12 bits per heavy atom. The molecule has 3 aromatic rings.